The van der Waals surface area contributed by atoms with Crippen LogP contribution in [0.5, 0.6) is 0 Å². The number of nitrogens with zero attached hydrogens (tertiary/aromatic N) is 1. The average Bonchev–Trinajstić information content (AvgIpc) is 2.36. The quantitative estimate of drug-likeness (QED) is 0.432. The van der Waals surface area contributed by atoms with Crippen LogP contribution in [-0.2, 0) is 11.3 Å². The van der Waals surface area contributed by atoms with Gasteiger partial charge in [0.05, 0.1) is 17.6 Å². The number of rotatable bonds is 8. The maximum atomic E-state index is 10.7. The van der Waals surface area contributed by atoms with Crippen LogP contribution in [0.1, 0.15) is 12.0 Å². The first-order valence-electron chi connectivity index (χ1n) is 5.85. The summed E-state index contributed by atoms with van der Waals surface area (Å²) in [6, 6.07) is 4.32. The Morgan fingerprint density at radius 2 is 2.32 bits per heavy atom. The Morgan fingerprint density at radius 3 is 2.95 bits per heavy atom. The molecule has 7 heteroatoms. The van der Waals surface area contributed by atoms with E-state index in [-0.39, 0.29) is 5.69 Å². The first-order valence-corrected chi connectivity index (χ1v) is 6.23. The van der Waals surface area contributed by atoms with Crippen LogP contribution in [0.4, 0.5) is 5.69 Å². The lowest BCUT2D eigenvalue weighted by Crippen LogP contribution is -2.23. The molecule has 1 aromatic carbocycles. The molecular formula is C12H17ClN2O4. The maximum Gasteiger partial charge on any atom is 0.269 e. The monoisotopic (exact) mass is 288 g/mol. The number of aliphatic hydroxyl groups excluding tert-OH is 1. The number of aliphatic hydroxyl groups is 1. The molecule has 0 aliphatic heterocycles. The van der Waals surface area contributed by atoms with Crippen molar-refractivity contribution in [3.63, 3.8) is 0 Å². The van der Waals surface area contributed by atoms with Crippen LogP contribution in [0.2, 0.25) is 5.02 Å². The Bertz CT molecular complexity index is 428. The summed E-state index contributed by atoms with van der Waals surface area (Å²) < 4.78 is 4.81. The number of nitro groups is 1. The van der Waals surface area contributed by atoms with Gasteiger partial charge in [-0.1, -0.05) is 11.6 Å². The van der Waals surface area contributed by atoms with Crippen LogP contribution < -0.4 is 5.32 Å². The van der Waals surface area contributed by atoms with E-state index < -0.39 is 11.0 Å². The number of benzene rings is 1. The normalized spacial score (nSPS) is 12.4. The van der Waals surface area contributed by atoms with Crippen LogP contribution in [0, 0.1) is 10.1 Å². The molecule has 0 radical (unpaired) electrons. The smallest absolute Gasteiger partial charge is 0.269 e. The van der Waals surface area contributed by atoms with Gasteiger partial charge in [0.25, 0.3) is 5.69 Å². The zero-order valence-corrected chi connectivity index (χ0v) is 11.4. The van der Waals surface area contributed by atoms with E-state index in [1.165, 1.54) is 25.3 Å². The Kier molecular flexibility index (Phi) is 6.72. The van der Waals surface area contributed by atoms with E-state index >= 15 is 0 Å². The minimum Gasteiger partial charge on any atom is -0.391 e. The molecule has 0 heterocycles. The molecule has 0 aromatic heterocycles. The SMILES string of the molecule is COCC(O)CCNCc1cc([N+](=O)[O-])ccc1Cl. The lowest BCUT2D eigenvalue weighted by Gasteiger charge is -2.10. The number of methoxy groups -OCH3 is 1. The zero-order valence-electron chi connectivity index (χ0n) is 10.6. The van der Waals surface area contributed by atoms with Gasteiger partial charge in [-0.05, 0) is 24.6 Å². The van der Waals surface area contributed by atoms with E-state index in [0.717, 1.165) is 0 Å². The van der Waals surface area contributed by atoms with Gasteiger partial charge < -0.3 is 15.2 Å². The van der Waals surface area contributed by atoms with Gasteiger partial charge in [0, 0.05) is 30.8 Å². The van der Waals surface area contributed by atoms with Gasteiger partial charge >= 0.3 is 0 Å². The third-order valence-corrected chi connectivity index (χ3v) is 2.94. The number of nitro benzene ring substituents is 1. The van der Waals surface area contributed by atoms with Gasteiger partial charge in [-0.25, -0.2) is 0 Å². The largest absolute Gasteiger partial charge is 0.391 e. The molecular weight excluding hydrogens is 272 g/mol. The van der Waals surface area contributed by atoms with Crippen LogP contribution in [0.3, 0.4) is 0 Å². The first kappa shape index (κ1) is 15.8. The number of hydrogen-bond donors (Lipinski definition) is 2. The summed E-state index contributed by atoms with van der Waals surface area (Å²) in [4.78, 5) is 10.2. The molecule has 6 nitrogen and oxygen atoms in total. The third-order valence-electron chi connectivity index (χ3n) is 2.57. The fraction of sp³-hybridized carbons (Fsp3) is 0.500. The average molecular weight is 289 g/mol. The third kappa shape index (κ3) is 5.52. The van der Waals surface area contributed by atoms with Gasteiger partial charge in [-0.3, -0.25) is 10.1 Å². The van der Waals surface area contributed by atoms with Crippen molar-refractivity contribution in [3.8, 4) is 0 Å². The highest BCUT2D eigenvalue weighted by atomic mass is 35.5. The molecule has 1 atom stereocenters. The summed E-state index contributed by atoms with van der Waals surface area (Å²) in [6.07, 6.45) is 0.0264. The van der Waals surface area contributed by atoms with Crippen LogP contribution in [-0.4, -0.2) is 36.4 Å². The van der Waals surface area contributed by atoms with E-state index in [4.69, 9.17) is 16.3 Å². The van der Waals surface area contributed by atoms with Gasteiger partial charge in [0.2, 0.25) is 0 Å². The minimum absolute atomic E-state index is 0.0145. The summed E-state index contributed by atoms with van der Waals surface area (Å²) in [5, 5.41) is 23.6. The van der Waals surface area contributed by atoms with Crippen molar-refractivity contribution >= 4 is 17.3 Å². The number of non-ortho nitro benzene ring substituents is 1. The molecule has 0 bridgehead atoms. The predicted octanol–water partition coefficient (Wildman–Crippen LogP) is 1.74. The van der Waals surface area contributed by atoms with Gasteiger partial charge in [-0.15, -0.1) is 0 Å². The summed E-state index contributed by atoms with van der Waals surface area (Å²) in [5.41, 5.74) is 0.678. The molecule has 0 fully saturated rings. The fourth-order valence-corrected chi connectivity index (χ4v) is 1.76. The second kappa shape index (κ2) is 8.06. The van der Waals surface area contributed by atoms with E-state index in [1.807, 2.05) is 0 Å². The second-order valence-electron chi connectivity index (χ2n) is 4.11. The number of nitrogens with one attached hydrogen (secondary N) is 1. The molecule has 1 aromatic rings. The standard InChI is InChI=1S/C12H17ClN2O4/c1-19-8-11(16)4-5-14-7-9-6-10(15(17)18)2-3-12(9)13/h2-3,6,11,14,16H,4-5,7-8H2,1H3. The number of ether oxygens (including phenoxy) is 1. The minimum atomic E-state index is -0.516. The van der Waals surface area contributed by atoms with Crippen LogP contribution in [0.25, 0.3) is 0 Å². The van der Waals surface area contributed by atoms with E-state index in [2.05, 4.69) is 5.32 Å². The summed E-state index contributed by atoms with van der Waals surface area (Å²) >= 11 is 5.96. The topological polar surface area (TPSA) is 84.6 Å². The Hall–Kier alpha value is -1.21. The van der Waals surface area contributed by atoms with Crippen molar-refractivity contribution in [2.24, 2.45) is 0 Å². The second-order valence-corrected chi connectivity index (χ2v) is 4.51. The zero-order chi connectivity index (χ0) is 14.3. The number of halogens is 1. The predicted molar refractivity (Wildman–Crippen MR) is 72.3 cm³/mol. The molecule has 0 aliphatic carbocycles. The highest BCUT2D eigenvalue weighted by Gasteiger charge is 2.09. The highest BCUT2D eigenvalue weighted by molar-refractivity contribution is 6.31. The Morgan fingerprint density at radius 1 is 1.58 bits per heavy atom. The van der Waals surface area contributed by atoms with Crippen molar-refractivity contribution in [1.82, 2.24) is 5.32 Å². The van der Waals surface area contributed by atoms with Gasteiger partial charge in [0.1, 0.15) is 0 Å². The molecule has 0 aliphatic rings. The van der Waals surface area contributed by atoms with E-state index in [1.54, 1.807) is 0 Å². The maximum absolute atomic E-state index is 10.7. The van der Waals surface area contributed by atoms with E-state index in [0.29, 0.717) is 36.7 Å². The van der Waals surface area contributed by atoms with E-state index in [9.17, 15) is 15.2 Å². The van der Waals surface area contributed by atoms with Gasteiger partial charge in [0.15, 0.2) is 0 Å². The molecule has 0 saturated carbocycles. The first-order chi connectivity index (χ1) is 9.04. The lowest BCUT2D eigenvalue weighted by molar-refractivity contribution is -0.384. The molecule has 0 saturated heterocycles. The Balaban J connectivity index is 2.44. The van der Waals surface area contributed by atoms with Crippen molar-refractivity contribution in [3.05, 3.63) is 38.9 Å². The molecule has 0 spiro atoms. The lowest BCUT2D eigenvalue weighted by atomic mass is 10.2. The number of hydrogen-bond acceptors (Lipinski definition) is 5. The van der Waals surface area contributed by atoms with Crippen LogP contribution >= 0.6 is 11.6 Å². The van der Waals surface area contributed by atoms with Gasteiger partial charge in [-0.2, -0.15) is 0 Å². The van der Waals surface area contributed by atoms with Crippen molar-refractivity contribution < 1.29 is 14.8 Å². The van der Waals surface area contributed by atoms with Crippen LogP contribution in [0.15, 0.2) is 18.2 Å². The molecule has 1 unspecified atom stereocenters. The van der Waals surface area contributed by atoms with Crippen molar-refractivity contribution in [2.75, 3.05) is 20.3 Å². The molecule has 2 N–H and O–H groups in total. The highest BCUT2D eigenvalue weighted by Crippen LogP contribution is 2.21. The molecule has 106 valence electrons. The summed E-state index contributed by atoms with van der Waals surface area (Å²) in [7, 11) is 1.53. The van der Waals surface area contributed by atoms with Crippen molar-refractivity contribution in [1.29, 1.82) is 0 Å². The fourth-order valence-electron chi connectivity index (χ4n) is 1.58. The molecule has 19 heavy (non-hydrogen) atoms. The molecule has 1 rings (SSSR count). The molecule has 0 amide bonds. The summed E-state index contributed by atoms with van der Waals surface area (Å²) in [6.45, 7) is 1.28. The Labute approximate surface area is 116 Å². The summed E-state index contributed by atoms with van der Waals surface area (Å²) in [5.74, 6) is 0. The van der Waals surface area contributed by atoms with Crippen molar-refractivity contribution in [2.45, 2.75) is 19.1 Å².